The van der Waals surface area contributed by atoms with E-state index >= 15 is 0 Å². The van der Waals surface area contributed by atoms with Gasteiger partial charge in [-0.1, -0.05) is 0 Å². The maximum absolute atomic E-state index is 12.7. The molecular formula is C17H25N3O5. The molecule has 1 aliphatic heterocycles. The summed E-state index contributed by atoms with van der Waals surface area (Å²) in [6, 6.07) is 0. The number of likely N-dealkylation sites (N-methyl/N-ethyl adjacent to an activating group) is 1. The topological polar surface area (TPSA) is 91.9 Å². The quantitative estimate of drug-likeness (QED) is 0.790. The molecule has 2 heterocycles. The molecule has 0 spiro atoms. The van der Waals surface area contributed by atoms with Crippen LogP contribution >= 0.6 is 0 Å². The number of nitrogens with one attached hydrogen (secondary N) is 1. The van der Waals surface area contributed by atoms with E-state index in [0.29, 0.717) is 48.8 Å². The van der Waals surface area contributed by atoms with Crippen LogP contribution in [0.4, 0.5) is 0 Å². The van der Waals surface area contributed by atoms with Gasteiger partial charge in [-0.05, 0) is 26.3 Å². The highest BCUT2D eigenvalue weighted by Gasteiger charge is 2.26. The van der Waals surface area contributed by atoms with Crippen molar-refractivity contribution in [2.24, 2.45) is 0 Å². The van der Waals surface area contributed by atoms with Gasteiger partial charge >= 0.3 is 5.97 Å². The molecule has 0 unspecified atom stereocenters. The van der Waals surface area contributed by atoms with Gasteiger partial charge in [0.2, 0.25) is 5.91 Å². The second-order valence-electron chi connectivity index (χ2n) is 6.00. The van der Waals surface area contributed by atoms with E-state index in [9.17, 15) is 14.4 Å². The SMILES string of the molecule is CCOC(=O)c1c(C)[nH]c(C(=O)N(C)CC(=O)N2CCOCC2)c1C. The van der Waals surface area contributed by atoms with Gasteiger partial charge in [0.25, 0.3) is 5.91 Å². The van der Waals surface area contributed by atoms with E-state index in [1.165, 1.54) is 4.90 Å². The summed E-state index contributed by atoms with van der Waals surface area (Å²) in [5.41, 5.74) is 1.79. The molecule has 138 valence electrons. The van der Waals surface area contributed by atoms with E-state index < -0.39 is 5.97 Å². The largest absolute Gasteiger partial charge is 0.462 e. The fourth-order valence-corrected chi connectivity index (χ4v) is 2.85. The number of amides is 2. The normalized spacial score (nSPS) is 14.3. The summed E-state index contributed by atoms with van der Waals surface area (Å²) in [7, 11) is 1.57. The molecule has 25 heavy (non-hydrogen) atoms. The zero-order valence-corrected chi connectivity index (χ0v) is 15.2. The van der Waals surface area contributed by atoms with Crippen LogP contribution < -0.4 is 0 Å². The van der Waals surface area contributed by atoms with E-state index in [0.717, 1.165) is 0 Å². The van der Waals surface area contributed by atoms with Gasteiger partial charge in [-0.15, -0.1) is 0 Å². The lowest BCUT2D eigenvalue weighted by atomic mass is 10.1. The zero-order chi connectivity index (χ0) is 18.6. The number of nitrogens with zero attached hydrogens (tertiary/aromatic N) is 2. The minimum atomic E-state index is -0.458. The van der Waals surface area contributed by atoms with E-state index in [4.69, 9.17) is 9.47 Å². The number of carbonyl (C=O) groups is 3. The fraction of sp³-hybridized carbons (Fsp3) is 0.588. The summed E-state index contributed by atoms with van der Waals surface area (Å²) in [4.78, 5) is 43.0. The number of aromatic nitrogens is 1. The lowest BCUT2D eigenvalue weighted by Gasteiger charge is -2.28. The second kappa shape index (κ2) is 8.15. The van der Waals surface area contributed by atoms with E-state index in [1.54, 1.807) is 32.7 Å². The molecule has 2 rings (SSSR count). The molecule has 8 heteroatoms. The standard InChI is InChI=1S/C17H25N3O5/c1-5-25-17(23)14-11(2)15(18-12(14)3)16(22)19(4)10-13(21)20-6-8-24-9-7-20/h18H,5-10H2,1-4H3. The van der Waals surface area contributed by atoms with Crippen LogP contribution in [0.25, 0.3) is 0 Å². The minimum Gasteiger partial charge on any atom is -0.462 e. The lowest BCUT2D eigenvalue weighted by Crippen LogP contribution is -2.46. The molecule has 0 aliphatic carbocycles. The van der Waals surface area contributed by atoms with Crippen LogP contribution in [-0.2, 0) is 14.3 Å². The zero-order valence-electron chi connectivity index (χ0n) is 15.2. The van der Waals surface area contributed by atoms with Gasteiger partial charge < -0.3 is 24.3 Å². The maximum atomic E-state index is 12.7. The van der Waals surface area contributed by atoms with Gasteiger partial charge in [-0.3, -0.25) is 9.59 Å². The van der Waals surface area contributed by atoms with Gasteiger partial charge in [-0.25, -0.2) is 4.79 Å². The van der Waals surface area contributed by atoms with Crippen molar-refractivity contribution >= 4 is 17.8 Å². The van der Waals surface area contributed by atoms with Crippen LogP contribution in [0.5, 0.6) is 0 Å². The van der Waals surface area contributed by atoms with Crippen molar-refractivity contribution in [2.45, 2.75) is 20.8 Å². The number of ether oxygens (including phenoxy) is 2. The summed E-state index contributed by atoms with van der Waals surface area (Å²) in [5.74, 6) is -0.914. The van der Waals surface area contributed by atoms with Crippen LogP contribution in [0.2, 0.25) is 0 Å². The van der Waals surface area contributed by atoms with E-state index in [1.807, 2.05) is 0 Å². The first kappa shape index (κ1) is 19.0. The molecular weight excluding hydrogens is 326 g/mol. The number of hydrogen-bond donors (Lipinski definition) is 1. The number of esters is 1. The monoisotopic (exact) mass is 351 g/mol. The molecule has 1 N–H and O–H groups in total. The third-order valence-corrected chi connectivity index (χ3v) is 4.21. The third kappa shape index (κ3) is 4.19. The Bertz CT molecular complexity index is 661. The van der Waals surface area contributed by atoms with Crippen LogP contribution in [-0.4, -0.2) is 79.1 Å². The van der Waals surface area contributed by atoms with Gasteiger partial charge in [0, 0.05) is 25.8 Å². The summed E-state index contributed by atoms with van der Waals surface area (Å²) in [5, 5.41) is 0. The van der Waals surface area contributed by atoms with Crippen molar-refractivity contribution in [1.82, 2.24) is 14.8 Å². The molecule has 1 fully saturated rings. The third-order valence-electron chi connectivity index (χ3n) is 4.21. The molecule has 1 aromatic heterocycles. The fourth-order valence-electron chi connectivity index (χ4n) is 2.85. The molecule has 2 amide bonds. The van der Waals surface area contributed by atoms with Gasteiger partial charge in [-0.2, -0.15) is 0 Å². The molecule has 0 saturated carbocycles. The van der Waals surface area contributed by atoms with E-state index in [2.05, 4.69) is 4.98 Å². The summed E-state index contributed by atoms with van der Waals surface area (Å²) >= 11 is 0. The van der Waals surface area contributed by atoms with Gasteiger partial charge in [0.15, 0.2) is 0 Å². The molecule has 0 bridgehead atoms. The maximum Gasteiger partial charge on any atom is 0.340 e. The van der Waals surface area contributed by atoms with Crippen molar-refractivity contribution < 1.29 is 23.9 Å². The van der Waals surface area contributed by atoms with Crippen molar-refractivity contribution in [2.75, 3.05) is 46.5 Å². The van der Waals surface area contributed by atoms with Crippen molar-refractivity contribution in [3.63, 3.8) is 0 Å². The van der Waals surface area contributed by atoms with Crippen LogP contribution in [0.1, 0.15) is 39.0 Å². The van der Waals surface area contributed by atoms with Crippen LogP contribution in [0, 0.1) is 13.8 Å². The number of rotatable bonds is 5. The van der Waals surface area contributed by atoms with Crippen molar-refractivity contribution in [1.29, 1.82) is 0 Å². The van der Waals surface area contributed by atoms with Crippen molar-refractivity contribution in [3.8, 4) is 0 Å². The predicted molar refractivity (Wildman–Crippen MR) is 90.6 cm³/mol. The van der Waals surface area contributed by atoms with Crippen molar-refractivity contribution in [3.05, 3.63) is 22.5 Å². The number of aromatic amines is 1. The van der Waals surface area contributed by atoms with E-state index in [-0.39, 0.29) is 25.0 Å². The Morgan fingerprint density at radius 1 is 1.24 bits per heavy atom. The first-order valence-corrected chi connectivity index (χ1v) is 8.34. The minimum absolute atomic E-state index is 0.0227. The predicted octanol–water partition coefficient (Wildman–Crippen LogP) is 0.739. The first-order valence-electron chi connectivity index (χ1n) is 8.34. The Morgan fingerprint density at radius 2 is 1.88 bits per heavy atom. The molecule has 1 saturated heterocycles. The number of carbonyl (C=O) groups excluding carboxylic acids is 3. The van der Waals surface area contributed by atoms with Gasteiger partial charge in [0.1, 0.15) is 5.69 Å². The molecule has 0 aromatic carbocycles. The number of H-pyrrole nitrogens is 1. The Morgan fingerprint density at radius 3 is 2.48 bits per heavy atom. The summed E-state index contributed by atoms with van der Waals surface area (Å²) < 4.78 is 10.3. The van der Waals surface area contributed by atoms with Crippen LogP contribution in [0.15, 0.2) is 0 Å². The Labute approximate surface area is 147 Å². The number of aryl methyl sites for hydroxylation is 1. The highest BCUT2D eigenvalue weighted by molar-refractivity contribution is 6.01. The molecule has 0 atom stereocenters. The van der Waals surface area contributed by atoms with Gasteiger partial charge in [0.05, 0.1) is 31.9 Å². The Hall–Kier alpha value is -2.35. The average Bonchev–Trinajstić information content (AvgIpc) is 2.89. The number of hydrogen-bond acceptors (Lipinski definition) is 5. The first-order chi connectivity index (χ1) is 11.9. The second-order valence-corrected chi connectivity index (χ2v) is 6.00. The molecule has 0 radical (unpaired) electrons. The Kier molecular flexibility index (Phi) is 6.19. The molecule has 8 nitrogen and oxygen atoms in total. The Balaban J connectivity index is 2.10. The summed E-state index contributed by atoms with van der Waals surface area (Å²) in [6.07, 6.45) is 0. The highest BCUT2D eigenvalue weighted by Crippen LogP contribution is 2.20. The highest BCUT2D eigenvalue weighted by atomic mass is 16.5. The van der Waals surface area contributed by atoms with Crippen LogP contribution in [0.3, 0.4) is 0 Å². The lowest BCUT2D eigenvalue weighted by molar-refractivity contribution is -0.135. The average molecular weight is 351 g/mol. The number of morpholine rings is 1. The summed E-state index contributed by atoms with van der Waals surface area (Å²) in [6.45, 7) is 7.48. The molecule has 1 aromatic rings. The molecule has 1 aliphatic rings. The smallest absolute Gasteiger partial charge is 0.340 e.